The van der Waals surface area contributed by atoms with Crippen molar-refractivity contribution in [1.29, 1.82) is 15.8 Å². The van der Waals surface area contributed by atoms with Gasteiger partial charge >= 0.3 is 0 Å². The average molecular weight is 2120 g/mol. The van der Waals surface area contributed by atoms with Crippen LogP contribution < -0.4 is 31.4 Å². The molecule has 0 saturated carbocycles. The zero-order valence-corrected chi connectivity index (χ0v) is 85.6. The third-order valence-electron chi connectivity index (χ3n) is 24.8. The Bertz CT molecular complexity index is 6870. The van der Waals surface area contributed by atoms with Crippen LogP contribution in [0.4, 0.5) is 39.0 Å². The van der Waals surface area contributed by atoms with Gasteiger partial charge in [0.25, 0.3) is 16.7 Å². The monoisotopic (exact) mass is 2120 g/mol. The van der Waals surface area contributed by atoms with Gasteiger partial charge in [-0.05, 0) is 151 Å². The Kier molecular flexibility index (Phi) is 31.3. The molecule has 15 rings (SSSR count). The van der Waals surface area contributed by atoms with Crippen molar-refractivity contribution in [2.45, 2.75) is 158 Å². The molecule has 732 valence electrons. The van der Waals surface area contributed by atoms with E-state index in [4.69, 9.17) is 126 Å². The first kappa shape index (κ1) is 106. The third-order valence-corrected chi connectivity index (χ3v) is 28.3. The van der Waals surface area contributed by atoms with Crippen LogP contribution in [0, 0.1) is 83.9 Å². The number of piperazine rings is 3. The van der Waals surface area contributed by atoms with Crippen molar-refractivity contribution in [2.75, 3.05) is 54.0 Å². The summed E-state index contributed by atoms with van der Waals surface area (Å²) in [5, 5.41) is 60.1. The molecule has 3 aliphatic heterocycles. The summed E-state index contributed by atoms with van der Waals surface area (Å²) in [6.07, 6.45) is 8.54. The SMILES string of the molecule is C=CC(=O)N1[C@H](C)CN(c2c(C#N)c(=O)n(-c3c(C)ccnc3C(C)C)c3nc(-c4c(O)c(Cl)c(Cl)c(F)c4Cl)c(Cl)cc23)C[C@@H]1C.C=CC(=O)N1[C@H](C)CN(c2c(C#N)c(=O)n(-c3c(C)ccnc3C(C)C)c3nc(-c4c(O)c(Cl)c(Cl)c(F)c4Cl)c(Cl)cc23)C[C@@H]1C.C=CC(=O)N1[C@H](C)CN(c2c(C#N)c(=O)n(-c3c(C)ccnc3C(C)C)c3nc(-c4c(O)c(F)c(F)c(F)c4Cl)c(Cl)cc23)C[C@@H]1C. The molecule has 0 aliphatic carbocycles. The number of pyridine rings is 9. The number of aromatic nitrogens is 9. The number of nitrogens with zero attached hydrogens (tertiary/aromatic N) is 18. The van der Waals surface area contributed by atoms with Crippen LogP contribution in [0.25, 0.3) is 83.9 Å². The van der Waals surface area contributed by atoms with Crippen molar-refractivity contribution in [1.82, 2.24) is 58.3 Å². The van der Waals surface area contributed by atoms with Gasteiger partial charge in [0.05, 0.1) is 115 Å². The van der Waals surface area contributed by atoms with Gasteiger partial charge in [0.2, 0.25) is 23.5 Å². The van der Waals surface area contributed by atoms with E-state index in [0.717, 1.165) is 0 Å². The number of fused-ring (bicyclic) bond motifs is 3. The number of phenolic OH excluding ortho intramolecular Hbond substituents is 3. The topological polar surface area (TPSA) is 346 Å². The molecule has 0 bridgehead atoms. The van der Waals surface area contributed by atoms with Crippen molar-refractivity contribution in [3.8, 4) is 86.3 Å². The molecule has 3 fully saturated rings. The Labute approximate surface area is 855 Å². The number of aryl methyl sites for hydroxylation is 3. The van der Waals surface area contributed by atoms with Crippen molar-refractivity contribution >= 4 is 184 Å². The van der Waals surface area contributed by atoms with Gasteiger partial charge in [-0.3, -0.25) is 57.4 Å². The number of hydrogen-bond acceptors (Lipinski definition) is 21. The number of nitriles is 3. The van der Waals surface area contributed by atoms with E-state index in [1.807, 2.05) is 99.0 Å². The number of amides is 3. The molecule has 12 heterocycles. The van der Waals surface area contributed by atoms with Gasteiger partial charge in [-0.15, -0.1) is 0 Å². The minimum absolute atomic E-state index is 0.0354. The lowest BCUT2D eigenvalue weighted by Crippen LogP contribution is -2.58. The molecule has 0 unspecified atom stereocenters. The van der Waals surface area contributed by atoms with E-state index in [9.17, 15) is 73.0 Å². The Morgan fingerprint density at radius 3 is 0.858 bits per heavy atom. The highest BCUT2D eigenvalue weighted by Crippen LogP contribution is 2.53. The summed E-state index contributed by atoms with van der Waals surface area (Å²) in [4.78, 5) is 120. The first-order valence-corrected chi connectivity index (χ1v) is 47.5. The number of carbonyl (C=O) groups is 3. The first-order valence-electron chi connectivity index (χ1n) is 43.7. The van der Waals surface area contributed by atoms with Crippen LogP contribution in [-0.4, -0.2) is 167 Å². The van der Waals surface area contributed by atoms with Crippen LogP contribution in [0.1, 0.15) is 151 Å². The Morgan fingerprint density at radius 2 is 0.624 bits per heavy atom. The van der Waals surface area contributed by atoms with E-state index < -0.39 is 109 Å². The summed E-state index contributed by atoms with van der Waals surface area (Å²) < 4.78 is 77.4. The van der Waals surface area contributed by atoms with Crippen LogP contribution >= 0.6 is 116 Å². The van der Waals surface area contributed by atoms with Gasteiger partial charge < -0.3 is 44.7 Å². The first-order chi connectivity index (χ1) is 66.5. The quantitative estimate of drug-likeness (QED) is 0.0371. The molecule has 42 heteroatoms. The third kappa shape index (κ3) is 18.5. The molecule has 12 aromatic rings. The minimum Gasteiger partial charge on any atom is -0.506 e. The van der Waals surface area contributed by atoms with Crippen molar-refractivity contribution < 1.29 is 51.7 Å². The molecule has 9 aromatic heterocycles. The summed E-state index contributed by atoms with van der Waals surface area (Å²) in [5.74, 6) is -11.8. The van der Waals surface area contributed by atoms with E-state index in [2.05, 4.69) is 51.8 Å². The average Bonchev–Trinajstić information content (AvgIpc) is 0.725. The molecule has 141 heavy (non-hydrogen) atoms. The van der Waals surface area contributed by atoms with Gasteiger partial charge in [0.1, 0.15) is 83.4 Å². The molecule has 3 aliphatic rings. The largest absolute Gasteiger partial charge is 0.506 e. The standard InChI is InChI=1S/2C33H29Cl4FN6O3.C33H29Cl2F3N6O3/c2*1-7-21(45)43-16(5)12-42(13-17(43)6)30-18-10-20(34)28(22-23(35)26(38)24(36)25(37)31(22)46)41-32(18)44(33(47)19(30)11-39)29-15(4)8-9-40-27(29)14(2)3;1-7-21(45)43-16(5)12-42(13-17(43)6)30-18-10-20(34)28(22-23(35)24(36)25(37)26(38)31(22)46)41-32(18)44(33(47)19(30)11-39)29-15(4)8-9-40-27(29)14(2)3/h3*7-10,14,16-17,46H,1,12-13H2,2-6H3/t3*16-,17+. The molecule has 3 N–H and O–H groups in total. The van der Waals surface area contributed by atoms with Gasteiger partial charge in [0, 0.05) is 110 Å². The number of phenols is 3. The van der Waals surface area contributed by atoms with Crippen molar-refractivity contribution in [2.24, 2.45) is 0 Å². The fourth-order valence-electron chi connectivity index (χ4n) is 18.7. The predicted molar refractivity (Wildman–Crippen MR) is 542 cm³/mol. The zero-order chi connectivity index (χ0) is 104. The number of aromatic hydroxyl groups is 3. The lowest BCUT2D eigenvalue weighted by molar-refractivity contribution is -0.131. The second kappa shape index (κ2) is 41.7. The number of benzene rings is 3. The van der Waals surface area contributed by atoms with Gasteiger partial charge in [-0.25, -0.2) is 32.5 Å². The van der Waals surface area contributed by atoms with E-state index in [1.54, 1.807) is 77.2 Å². The van der Waals surface area contributed by atoms with E-state index in [1.165, 1.54) is 50.1 Å². The summed E-state index contributed by atoms with van der Waals surface area (Å²) in [7, 11) is 0. The maximum atomic E-state index is 15.1. The predicted octanol–water partition coefficient (Wildman–Crippen LogP) is 22.4. The van der Waals surface area contributed by atoms with Crippen molar-refractivity contribution in [3.05, 3.63) is 254 Å². The van der Waals surface area contributed by atoms with Crippen LogP contribution in [0.3, 0.4) is 0 Å². The zero-order valence-electron chi connectivity index (χ0n) is 78.0. The Balaban J connectivity index is 0.000000178. The Hall–Kier alpha value is -12.4. The number of carbonyl (C=O) groups excluding carboxylic acids is 3. The fraction of sp³-hybridized carbons (Fsp3) is 0.303. The minimum atomic E-state index is -1.99. The molecule has 3 amide bonds. The second-order valence-electron chi connectivity index (χ2n) is 35.1. The molecule has 27 nitrogen and oxygen atoms in total. The maximum absolute atomic E-state index is 15.1. The van der Waals surface area contributed by atoms with Gasteiger partial charge in [-0.2, -0.15) is 20.2 Å². The number of anilines is 3. The number of hydrogen-bond donors (Lipinski definition) is 3. The van der Waals surface area contributed by atoms with E-state index in [-0.39, 0.29) is 205 Å². The van der Waals surface area contributed by atoms with Crippen LogP contribution in [0.15, 0.2) is 107 Å². The fourth-order valence-corrected chi connectivity index (χ4v) is 21.1. The summed E-state index contributed by atoms with van der Waals surface area (Å²) >= 11 is 63.4. The summed E-state index contributed by atoms with van der Waals surface area (Å²) in [6.45, 7) is 40.1. The van der Waals surface area contributed by atoms with E-state index >= 15 is 8.78 Å². The molecular weight excluding hydrogens is 2030 g/mol. The lowest BCUT2D eigenvalue weighted by Gasteiger charge is -2.45. The molecule has 6 atom stereocenters. The molecule has 0 spiro atoms. The highest BCUT2D eigenvalue weighted by molar-refractivity contribution is 6.47. The summed E-state index contributed by atoms with van der Waals surface area (Å²) in [5.41, 5.74) is 0.380. The van der Waals surface area contributed by atoms with Gasteiger partial charge in [-0.1, -0.05) is 177 Å². The number of halogens is 15. The Morgan fingerprint density at radius 1 is 0.383 bits per heavy atom. The molecule has 3 aromatic carbocycles. The molecular formula is C99H87Cl10F5N18O9. The molecule has 0 radical (unpaired) electrons. The van der Waals surface area contributed by atoms with Crippen LogP contribution in [0.5, 0.6) is 17.2 Å². The highest BCUT2D eigenvalue weighted by Gasteiger charge is 2.42. The maximum Gasteiger partial charge on any atom is 0.276 e. The van der Waals surface area contributed by atoms with Crippen LogP contribution in [0.2, 0.25) is 50.2 Å². The smallest absolute Gasteiger partial charge is 0.276 e. The van der Waals surface area contributed by atoms with Crippen LogP contribution in [-0.2, 0) is 14.4 Å². The normalized spacial score (nSPS) is 16.6. The van der Waals surface area contributed by atoms with E-state index in [0.29, 0.717) is 61.6 Å². The second-order valence-corrected chi connectivity index (χ2v) is 39.0. The number of rotatable bonds is 15. The lowest BCUT2D eigenvalue weighted by atomic mass is 10.0. The highest BCUT2D eigenvalue weighted by atomic mass is 35.5. The van der Waals surface area contributed by atoms with Gasteiger partial charge in [0.15, 0.2) is 29.0 Å². The summed E-state index contributed by atoms with van der Waals surface area (Å²) in [6, 6.07) is 13.7. The molecule has 3 saturated heterocycles. The van der Waals surface area contributed by atoms with Crippen molar-refractivity contribution in [3.63, 3.8) is 0 Å².